The third-order valence-corrected chi connectivity index (χ3v) is 4.54. The largest absolute Gasteiger partial charge is 0.397 e. The van der Waals surface area contributed by atoms with E-state index >= 15 is 0 Å². The lowest BCUT2D eigenvalue weighted by Crippen LogP contribution is -2.62. The van der Waals surface area contributed by atoms with E-state index < -0.39 is 78.9 Å². The number of aliphatic hydroxyl groups excluding tert-OH is 6. The van der Waals surface area contributed by atoms with Crippen LogP contribution in [0.25, 0.3) is 0 Å². The molecule has 0 bridgehead atoms. The molecule has 14 heteroatoms. The predicted molar refractivity (Wildman–Crippen MR) is 77.6 cm³/mol. The van der Waals surface area contributed by atoms with Crippen molar-refractivity contribution in [3.05, 3.63) is 0 Å². The molecule has 2 fully saturated rings. The van der Waals surface area contributed by atoms with Crippen molar-refractivity contribution >= 4 is 10.4 Å². The van der Waals surface area contributed by atoms with Gasteiger partial charge in [-0.1, -0.05) is 0 Å². The van der Waals surface area contributed by atoms with Crippen LogP contribution >= 0.6 is 0 Å². The molecule has 0 saturated carbocycles. The SMILES string of the molecule is O=S(=O)(O)O[C@H]1[C@@H](O)[C@@H](CO)O[C@@H](O[C@@H]2C[C@@H](O)O[C@H](CO)[C@@H]2O)[C@@H]1O. The average molecular weight is 406 g/mol. The summed E-state index contributed by atoms with van der Waals surface area (Å²) < 4.78 is 50.2. The molecular formula is C12H22O13S. The van der Waals surface area contributed by atoms with Crippen LogP contribution < -0.4 is 0 Å². The van der Waals surface area contributed by atoms with E-state index in [2.05, 4.69) is 4.18 Å². The highest BCUT2D eigenvalue weighted by molar-refractivity contribution is 7.80. The van der Waals surface area contributed by atoms with Gasteiger partial charge in [0.25, 0.3) is 0 Å². The molecule has 0 amide bonds. The molecule has 2 rings (SSSR count). The minimum absolute atomic E-state index is 0.277. The fourth-order valence-corrected chi connectivity index (χ4v) is 3.30. The first kappa shape index (κ1) is 21.8. The van der Waals surface area contributed by atoms with Gasteiger partial charge in [-0.2, -0.15) is 8.42 Å². The summed E-state index contributed by atoms with van der Waals surface area (Å²) in [4.78, 5) is 0. The van der Waals surface area contributed by atoms with Gasteiger partial charge in [0.2, 0.25) is 0 Å². The number of hydrogen-bond donors (Lipinski definition) is 7. The predicted octanol–water partition coefficient (Wildman–Crippen LogP) is -4.54. The highest BCUT2D eigenvalue weighted by Crippen LogP contribution is 2.29. The summed E-state index contributed by atoms with van der Waals surface area (Å²) >= 11 is 0. The lowest BCUT2D eigenvalue weighted by Gasteiger charge is -2.44. The molecule has 7 N–H and O–H groups in total. The maximum absolute atomic E-state index is 10.9. The van der Waals surface area contributed by atoms with Crippen LogP contribution in [0.2, 0.25) is 0 Å². The van der Waals surface area contributed by atoms with Gasteiger partial charge in [0, 0.05) is 6.42 Å². The van der Waals surface area contributed by atoms with E-state index in [1.54, 1.807) is 0 Å². The Morgan fingerprint density at radius 2 is 1.50 bits per heavy atom. The third kappa shape index (κ3) is 5.06. The fraction of sp³-hybridized carbons (Fsp3) is 1.00. The fourth-order valence-electron chi connectivity index (χ4n) is 2.79. The van der Waals surface area contributed by atoms with Gasteiger partial charge in [0.05, 0.1) is 19.3 Å². The van der Waals surface area contributed by atoms with Gasteiger partial charge < -0.3 is 44.8 Å². The monoisotopic (exact) mass is 406 g/mol. The summed E-state index contributed by atoms with van der Waals surface area (Å²) in [5.41, 5.74) is 0. The van der Waals surface area contributed by atoms with Crippen LogP contribution in [-0.4, -0.2) is 112 Å². The molecule has 0 aromatic rings. The van der Waals surface area contributed by atoms with Crippen molar-refractivity contribution in [3.63, 3.8) is 0 Å². The Morgan fingerprint density at radius 3 is 2.04 bits per heavy atom. The molecule has 9 atom stereocenters. The molecule has 13 nitrogen and oxygen atoms in total. The maximum atomic E-state index is 10.9. The van der Waals surface area contributed by atoms with Crippen molar-refractivity contribution in [2.75, 3.05) is 13.2 Å². The quantitative estimate of drug-likeness (QED) is 0.207. The van der Waals surface area contributed by atoms with Crippen LogP contribution in [0, 0.1) is 0 Å². The van der Waals surface area contributed by atoms with Crippen molar-refractivity contribution < 1.29 is 62.0 Å². The maximum Gasteiger partial charge on any atom is 0.397 e. The van der Waals surface area contributed by atoms with Crippen LogP contribution in [0.3, 0.4) is 0 Å². The van der Waals surface area contributed by atoms with Crippen LogP contribution in [0.5, 0.6) is 0 Å². The molecule has 0 aromatic heterocycles. The first-order valence-electron chi connectivity index (χ1n) is 7.63. The van der Waals surface area contributed by atoms with E-state index in [1.165, 1.54) is 0 Å². The lowest BCUT2D eigenvalue weighted by molar-refractivity contribution is -0.334. The Labute approximate surface area is 148 Å². The zero-order valence-corrected chi connectivity index (χ0v) is 14.1. The normalized spacial score (nSPS) is 44.8. The molecule has 154 valence electrons. The van der Waals surface area contributed by atoms with E-state index in [4.69, 9.17) is 23.9 Å². The van der Waals surface area contributed by atoms with Crippen molar-refractivity contribution in [2.24, 2.45) is 0 Å². The Bertz CT molecular complexity index is 555. The van der Waals surface area contributed by atoms with Crippen LogP contribution in [0.4, 0.5) is 0 Å². The van der Waals surface area contributed by atoms with Gasteiger partial charge in [-0.05, 0) is 0 Å². The molecule has 0 spiro atoms. The molecule has 2 saturated heterocycles. The van der Waals surface area contributed by atoms with Crippen LogP contribution in [-0.2, 0) is 28.8 Å². The molecule has 2 aliphatic heterocycles. The summed E-state index contributed by atoms with van der Waals surface area (Å²) in [7, 11) is -5.07. The summed E-state index contributed by atoms with van der Waals surface area (Å²) in [5.74, 6) is 0. The molecule has 0 radical (unpaired) electrons. The third-order valence-electron chi connectivity index (χ3n) is 4.07. The van der Waals surface area contributed by atoms with Crippen LogP contribution in [0.15, 0.2) is 0 Å². The topological polar surface area (TPSA) is 213 Å². The summed E-state index contributed by atoms with van der Waals surface area (Å²) in [5, 5.41) is 58.1. The van der Waals surface area contributed by atoms with E-state index in [9.17, 15) is 34.0 Å². The van der Waals surface area contributed by atoms with Crippen molar-refractivity contribution in [1.29, 1.82) is 0 Å². The van der Waals surface area contributed by atoms with Crippen molar-refractivity contribution in [3.8, 4) is 0 Å². The van der Waals surface area contributed by atoms with E-state index in [-0.39, 0.29) is 6.42 Å². The summed E-state index contributed by atoms with van der Waals surface area (Å²) in [6.45, 7) is -1.45. The smallest absolute Gasteiger partial charge is 0.394 e. The Kier molecular flexibility index (Phi) is 7.28. The lowest BCUT2D eigenvalue weighted by atomic mass is 9.98. The standard InChI is InChI=1S/C12H22O13S/c13-2-5-8(16)4(1-7(15)22-5)23-12-10(18)11(25-26(19,20)21)9(17)6(3-14)24-12/h4-18H,1-3H2,(H,19,20,21)/t4-,5-,6-,7+,8-,9+,10-,11+,12-/m1/s1. The molecule has 0 aliphatic carbocycles. The van der Waals surface area contributed by atoms with Gasteiger partial charge in [-0.3, -0.25) is 4.55 Å². The van der Waals surface area contributed by atoms with Gasteiger partial charge in [-0.25, -0.2) is 4.18 Å². The first-order valence-corrected chi connectivity index (χ1v) is 9.00. The molecule has 26 heavy (non-hydrogen) atoms. The van der Waals surface area contributed by atoms with Crippen molar-refractivity contribution in [2.45, 2.75) is 61.7 Å². The second kappa shape index (κ2) is 8.68. The zero-order chi connectivity index (χ0) is 19.6. The van der Waals surface area contributed by atoms with Gasteiger partial charge in [0.15, 0.2) is 12.6 Å². The van der Waals surface area contributed by atoms with Gasteiger partial charge >= 0.3 is 10.4 Å². The number of ether oxygens (including phenoxy) is 3. The number of aliphatic hydroxyl groups is 6. The average Bonchev–Trinajstić information content (AvgIpc) is 2.56. The Morgan fingerprint density at radius 1 is 0.923 bits per heavy atom. The second-order valence-corrected chi connectivity index (χ2v) is 6.96. The zero-order valence-electron chi connectivity index (χ0n) is 13.3. The summed E-state index contributed by atoms with van der Waals surface area (Å²) in [6.07, 6.45) is -14.4. The first-order chi connectivity index (χ1) is 12.1. The highest BCUT2D eigenvalue weighted by atomic mass is 32.3. The van der Waals surface area contributed by atoms with E-state index in [1.807, 2.05) is 0 Å². The van der Waals surface area contributed by atoms with E-state index in [0.29, 0.717) is 0 Å². The molecule has 2 aliphatic rings. The number of rotatable bonds is 6. The van der Waals surface area contributed by atoms with Gasteiger partial charge in [0.1, 0.15) is 36.6 Å². The van der Waals surface area contributed by atoms with Crippen molar-refractivity contribution in [1.82, 2.24) is 0 Å². The minimum Gasteiger partial charge on any atom is -0.394 e. The molecule has 2 heterocycles. The highest BCUT2D eigenvalue weighted by Gasteiger charge is 2.49. The Hall–Kier alpha value is -0.490. The van der Waals surface area contributed by atoms with Gasteiger partial charge in [-0.15, -0.1) is 0 Å². The molecule has 0 aromatic carbocycles. The minimum atomic E-state index is -5.07. The van der Waals surface area contributed by atoms with E-state index in [0.717, 1.165) is 0 Å². The number of hydrogen-bond acceptors (Lipinski definition) is 12. The Balaban J connectivity index is 2.16. The molecular weight excluding hydrogens is 384 g/mol. The summed E-state index contributed by atoms with van der Waals surface area (Å²) in [6, 6.07) is 0. The van der Waals surface area contributed by atoms with Crippen LogP contribution in [0.1, 0.15) is 6.42 Å². The second-order valence-electron chi connectivity index (χ2n) is 5.91. The molecule has 0 unspecified atom stereocenters.